The number of hydrogen-bond donors (Lipinski definition) is 4. The molecule has 0 aromatic rings. The highest BCUT2D eigenvalue weighted by atomic mass is 16.2. The van der Waals surface area contributed by atoms with E-state index in [4.69, 9.17) is 5.73 Å². The van der Waals surface area contributed by atoms with Crippen LogP contribution in [0.4, 0.5) is 0 Å². The Hall–Kier alpha value is -2.69. The van der Waals surface area contributed by atoms with Crippen molar-refractivity contribution in [1.29, 1.82) is 0 Å². The molecule has 354 valence electrons. The number of carbonyl (C=O) groups excluding carboxylic acids is 5. The fraction of sp³-hybridized carbons (Fsp3) is 0.900. The van der Waals surface area contributed by atoms with Crippen LogP contribution in [0.2, 0.25) is 0 Å². The lowest BCUT2D eigenvalue weighted by atomic mass is 10.0. The summed E-state index contributed by atoms with van der Waals surface area (Å²) in [5, 5.41) is 9.11. The number of nitrogens with zero attached hydrogens (tertiary/aromatic N) is 2. The Bertz CT molecular complexity index is 1170. The first kappa shape index (κ1) is 54.4. The van der Waals surface area contributed by atoms with E-state index in [9.17, 15) is 24.0 Å². The number of nitrogens with two attached hydrogens (primary N) is 1. The van der Waals surface area contributed by atoms with E-state index < -0.39 is 18.1 Å². The molecule has 3 atom stereocenters. The maximum absolute atomic E-state index is 13.7. The van der Waals surface area contributed by atoms with Crippen molar-refractivity contribution in [3.8, 4) is 0 Å². The number of hydrogen-bond acceptors (Lipinski definition) is 6. The molecule has 5 amide bonds. The largest absolute Gasteiger partial charge is 0.354 e. The summed E-state index contributed by atoms with van der Waals surface area (Å²) in [5.74, 6) is -0.416. The first-order valence-electron chi connectivity index (χ1n) is 26.0. The third-order valence-electron chi connectivity index (χ3n) is 13.0. The Morgan fingerprint density at radius 2 is 0.885 bits per heavy atom. The SMILES string of the molecule is CCCCCCCCCCCCCC(=O)N1CCCC1C(=O)NCCCCC(NC(=O)C1CCCN1C(=O)CCCCCCCCCCCCC)C(=O)NCCCCCCN. The van der Waals surface area contributed by atoms with E-state index in [0.717, 1.165) is 70.6 Å². The molecular formula is C50H94N6O5. The fourth-order valence-corrected chi connectivity index (χ4v) is 9.14. The van der Waals surface area contributed by atoms with E-state index in [0.29, 0.717) is 77.7 Å². The van der Waals surface area contributed by atoms with E-state index in [2.05, 4.69) is 29.8 Å². The van der Waals surface area contributed by atoms with Crippen LogP contribution in [0.3, 0.4) is 0 Å². The third kappa shape index (κ3) is 25.3. The standard InChI is InChI=1S/C50H94N6O5/c1-3-5-7-9-11-13-15-17-19-21-25-36-46(57)55-41-31-34-44(55)49(60)53-40-30-27-33-43(48(59)52-39-29-24-23-28-38-51)54-50(61)45-35-32-42-56(45)47(58)37-26-22-20-18-16-14-12-10-8-6-4-2/h43-45H,3-42,51H2,1-2H3,(H,52,59)(H,53,60)(H,54,61). The minimum atomic E-state index is -0.713. The lowest BCUT2D eigenvalue weighted by molar-refractivity contribution is -0.139. The van der Waals surface area contributed by atoms with E-state index >= 15 is 0 Å². The normalized spacial score (nSPS) is 16.8. The van der Waals surface area contributed by atoms with Crippen molar-refractivity contribution < 1.29 is 24.0 Å². The van der Waals surface area contributed by atoms with Crippen molar-refractivity contribution in [2.75, 3.05) is 32.7 Å². The number of amides is 5. The topological polar surface area (TPSA) is 154 Å². The predicted octanol–water partition coefficient (Wildman–Crippen LogP) is 9.78. The van der Waals surface area contributed by atoms with Gasteiger partial charge < -0.3 is 31.5 Å². The number of carbonyl (C=O) groups is 5. The Balaban J connectivity index is 1.76. The molecule has 11 heteroatoms. The van der Waals surface area contributed by atoms with Gasteiger partial charge in [0.25, 0.3) is 0 Å². The zero-order valence-corrected chi connectivity index (χ0v) is 39.5. The molecule has 2 saturated heterocycles. The summed E-state index contributed by atoms with van der Waals surface area (Å²) in [4.78, 5) is 70.2. The lowest BCUT2D eigenvalue weighted by Crippen LogP contribution is -2.53. The van der Waals surface area contributed by atoms with Gasteiger partial charge in [0.2, 0.25) is 29.5 Å². The molecule has 0 aliphatic carbocycles. The maximum atomic E-state index is 13.7. The van der Waals surface area contributed by atoms with Gasteiger partial charge in [0.15, 0.2) is 0 Å². The molecule has 0 aromatic carbocycles. The van der Waals surface area contributed by atoms with Crippen molar-refractivity contribution in [1.82, 2.24) is 25.8 Å². The molecule has 0 bridgehead atoms. The lowest BCUT2D eigenvalue weighted by Gasteiger charge is -2.26. The number of nitrogens with one attached hydrogen (secondary N) is 3. The van der Waals surface area contributed by atoms with Crippen LogP contribution in [0.1, 0.15) is 239 Å². The molecule has 2 aliphatic heterocycles. The number of rotatable bonds is 39. The van der Waals surface area contributed by atoms with Gasteiger partial charge >= 0.3 is 0 Å². The van der Waals surface area contributed by atoms with Gasteiger partial charge in [-0.25, -0.2) is 0 Å². The molecule has 11 nitrogen and oxygen atoms in total. The van der Waals surface area contributed by atoms with Crippen LogP contribution in [0.25, 0.3) is 0 Å². The summed E-state index contributed by atoms with van der Waals surface area (Å²) in [7, 11) is 0. The summed E-state index contributed by atoms with van der Waals surface area (Å²) >= 11 is 0. The Kier molecular flexibility index (Phi) is 32.8. The quantitative estimate of drug-likeness (QED) is 0.0452. The molecule has 0 saturated carbocycles. The molecule has 0 radical (unpaired) electrons. The van der Waals surface area contributed by atoms with Gasteiger partial charge in [-0.15, -0.1) is 0 Å². The van der Waals surface area contributed by atoms with Gasteiger partial charge in [0.05, 0.1) is 0 Å². The summed E-state index contributed by atoms with van der Waals surface area (Å²) < 4.78 is 0. The zero-order valence-electron chi connectivity index (χ0n) is 39.5. The molecule has 2 rings (SSSR count). The molecule has 0 aromatic heterocycles. The van der Waals surface area contributed by atoms with Gasteiger partial charge in [0, 0.05) is 39.0 Å². The summed E-state index contributed by atoms with van der Waals surface area (Å²) in [6.07, 6.45) is 36.6. The van der Waals surface area contributed by atoms with Crippen LogP contribution in [0.5, 0.6) is 0 Å². The van der Waals surface area contributed by atoms with Crippen molar-refractivity contribution in [2.45, 2.75) is 257 Å². The first-order valence-corrected chi connectivity index (χ1v) is 26.0. The van der Waals surface area contributed by atoms with Gasteiger partial charge in [-0.3, -0.25) is 24.0 Å². The van der Waals surface area contributed by atoms with Crippen molar-refractivity contribution in [3.05, 3.63) is 0 Å². The molecule has 5 N–H and O–H groups in total. The van der Waals surface area contributed by atoms with Crippen molar-refractivity contribution >= 4 is 29.5 Å². The Morgan fingerprint density at radius 1 is 0.492 bits per heavy atom. The zero-order chi connectivity index (χ0) is 44.2. The van der Waals surface area contributed by atoms with E-state index in [1.54, 1.807) is 9.80 Å². The number of likely N-dealkylation sites (tertiary alicyclic amines) is 2. The Morgan fingerprint density at radius 3 is 1.36 bits per heavy atom. The van der Waals surface area contributed by atoms with Crippen LogP contribution in [-0.2, 0) is 24.0 Å². The van der Waals surface area contributed by atoms with Crippen LogP contribution in [0.15, 0.2) is 0 Å². The smallest absolute Gasteiger partial charge is 0.243 e. The van der Waals surface area contributed by atoms with Gasteiger partial charge in [-0.05, 0) is 77.2 Å². The van der Waals surface area contributed by atoms with Gasteiger partial charge in [-0.1, -0.05) is 155 Å². The highest BCUT2D eigenvalue weighted by Gasteiger charge is 2.36. The molecule has 2 aliphatic rings. The maximum Gasteiger partial charge on any atom is 0.243 e. The average molecular weight is 859 g/mol. The van der Waals surface area contributed by atoms with Gasteiger partial charge in [0.1, 0.15) is 18.1 Å². The summed E-state index contributed by atoms with van der Waals surface area (Å²) in [6, 6.07) is -1.66. The monoisotopic (exact) mass is 859 g/mol. The Labute approximate surface area is 373 Å². The van der Waals surface area contributed by atoms with E-state index in [1.807, 2.05) is 0 Å². The highest BCUT2D eigenvalue weighted by molar-refractivity contribution is 5.92. The van der Waals surface area contributed by atoms with Crippen molar-refractivity contribution in [3.63, 3.8) is 0 Å². The first-order chi connectivity index (χ1) is 29.8. The summed E-state index contributed by atoms with van der Waals surface area (Å²) in [5.41, 5.74) is 5.63. The fourth-order valence-electron chi connectivity index (χ4n) is 9.14. The molecule has 2 fully saturated rings. The van der Waals surface area contributed by atoms with Crippen LogP contribution in [0, 0.1) is 0 Å². The molecule has 3 unspecified atom stereocenters. The minimum Gasteiger partial charge on any atom is -0.354 e. The molecule has 61 heavy (non-hydrogen) atoms. The van der Waals surface area contributed by atoms with Gasteiger partial charge in [-0.2, -0.15) is 0 Å². The predicted molar refractivity (Wildman–Crippen MR) is 251 cm³/mol. The second-order valence-electron chi connectivity index (χ2n) is 18.4. The number of unbranched alkanes of at least 4 members (excludes halogenated alkanes) is 24. The van der Waals surface area contributed by atoms with E-state index in [1.165, 1.54) is 109 Å². The average Bonchev–Trinajstić information content (AvgIpc) is 3.97. The minimum absolute atomic E-state index is 0.0411. The summed E-state index contributed by atoms with van der Waals surface area (Å²) in [6.45, 7) is 7.37. The van der Waals surface area contributed by atoms with Crippen LogP contribution in [-0.4, -0.2) is 90.2 Å². The molecular weight excluding hydrogens is 765 g/mol. The third-order valence-corrected chi connectivity index (χ3v) is 13.0. The molecule has 0 spiro atoms. The van der Waals surface area contributed by atoms with Crippen molar-refractivity contribution in [2.24, 2.45) is 5.73 Å². The second kappa shape index (κ2) is 36.8. The van der Waals surface area contributed by atoms with Crippen LogP contribution >= 0.6 is 0 Å². The highest BCUT2D eigenvalue weighted by Crippen LogP contribution is 2.22. The second-order valence-corrected chi connectivity index (χ2v) is 18.4. The van der Waals surface area contributed by atoms with Crippen LogP contribution < -0.4 is 21.7 Å². The van der Waals surface area contributed by atoms with E-state index in [-0.39, 0.29) is 29.5 Å². The molecule has 2 heterocycles.